The highest BCUT2D eigenvalue weighted by molar-refractivity contribution is 6.39. The maximum absolute atomic E-state index is 11.6. The summed E-state index contributed by atoms with van der Waals surface area (Å²) in [7, 11) is 0. The van der Waals surface area contributed by atoms with E-state index in [1.54, 1.807) is 0 Å². The number of amides is 2. The molecule has 0 aromatic heterocycles. The fourth-order valence-corrected chi connectivity index (χ4v) is 1.72. The molecule has 2 aliphatic heterocycles. The van der Waals surface area contributed by atoms with Crippen molar-refractivity contribution in [1.29, 1.82) is 0 Å². The molecule has 2 N–H and O–H groups in total. The van der Waals surface area contributed by atoms with Crippen LogP contribution in [0.4, 0.5) is 0 Å². The number of hydrazone groups is 1. The van der Waals surface area contributed by atoms with E-state index in [2.05, 4.69) is 15.8 Å². The Balaban J connectivity index is 1.76. The van der Waals surface area contributed by atoms with Gasteiger partial charge in [0, 0.05) is 31.9 Å². The molecule has 1 saturated heterocycles. The van der Waals surface area contributed by atoms with Gasteiger partial charge in [0.05, 0.1) is 6.61 Å². The summed E-state index contributed by atoms with van der Waals surface area (Å²) in [6, 6.07) is 0. The molecular formula is C10H15N3O3. The molecule has 0 aromatic carbocycles. The number of carbonyl (C=O) groups is 2. The van der Waals surface area contributed by atoms with E-state index in [9.17, 15) is 9.59 Å². The lowest BCUT2D eigenvalue weighted by molar-refractivity contribution is -0.121. The molecule has 2 amide bonds. The second-order valence-corrected chi connectivity index (χ2v) is 4.03. The summed E-state index contributed by atoms with van der Waals surface area (Å²) in [6.45, 7) is 2.10. The van der Waals surface area contributed by atoms with Gasteiger partial charge in [0.25, 0.3) is 5.91 Å². The highest BCUT2D eigenvalue weighted by Crippen LogP contribution is 2.10. The van der Waals surface area contributed by atoms with E-state index in [4.69, 9.17) is 4.74 Å². The Hall–Kier alpha value is -1.43. The summed E-state index contributed by atoms with van der Waals surface area (Å²) < 4.78 is 5.21. The smallest absolute Gasteiger partial charge is 0.267 e. The second-order valence-electron chi connectivity index (χ2n) is 4.03. The van der Waals surface area contributed by atoms with Crippen LogP contribution in [0.15, 0.2) is 5.10 Å². The summed E-state index contributed by atoms with van der Waals surface area (Å²) in [5.41, 5.74) is 2.71. The largest absolute Gasteiger partial charge is 0.381 e. The first-order valence-electron chi connectivity index (χ1n) is 5.47. The van der Waals surface area contributed by atoms with Gasteiger partial charge in [0.2, 0.25) is 5.91 Å². The summed E-state index contributed by atoms with van der Waals surface area (Å²) in [5, 5.41) is 6.54. The van der Waals surface area contributed by atoms with Gasteiger partial charge in [-0.05, 0) is 6.42 Å². The zero-order valence-corrected chi connectivity index (χ0v) is 8.99. The van der Waals surface area contributed by atoms with Crippen molar-refractivity contribution in [3.8, 4) is 0 Å². The van der Waals surface area contributed by atoms with Crippen LogP contribution in [0.2, 0.25) is 0 Å². The first-order valence-corrected chi connectivity index (χ1v) is 5.47. The van der Waals surface area contributed by atoms with Crippen molar-refractivity contribution in [2.24, 2.45) is 11.0 Å². The van der Waals surface area contributed by atoms with Gasteiger partial charge >= 0.3 is 0 Å². The van der Waals surface area contributed by atoms with Crippen LogP contribution in [0.3, 0.4) is 0 Å². The van der Waals surface area contributed by atoms with Gasteiger partial charge in [-0.1, -0.05) is 0 Å². The van der Waals surface area contributed by atoms with Crippen molar-refractivity contribution in [3.63, 3.8) is 0 Å². The van der Waals surface area contributed by atoms with Gasteiger partial charge in [-0.25, -0.2) is 5.43 Å². The van der Waals surface area contributed by atoms with E-state index < -0.39 is 0 Å². The van der Waals surface area contributed by atoms with Crippen LogP contribution in [0.1, 0.15) is 19.3 Å². The van der Waals surface area contributed by atoms with Crippen LogP contribution in [0, 0.1) is 5.92 Å². The predicted molar refractivity (Wildman–Crippen MR) is 56.7 cm³/mol. The Morgan fingerprint density at radius 2 is 2.44 bits per heavy atom. The lowest BCUT2D eigenvalue weighted by Gasteiger charge is -2.13. The lowest BCUT2D eigenvalue weighted by Crippen LogP contribution is -2.38. The van der Waals surface area contributed by atoms with Crippen molar-refractivity contribution in [1.82, 2.24) is 10.7 Å². The molecule has 0 aromatic rings. The number of nitrogens with one attached hydrogen (secondary N) is 2. The quantitative estimate of drug-likeness (QED) is 0.673. The molecule has 1 atom stereocenters. The number of hydrogen-bond acceptors (Lipinski definition) is 4. The molecule has 16 heavy (non-hydrogen) atoms. The van der Waals surface area contributed by atoms with Gasteiger partial charge < -0.3 is 10.1 Å². The summed E-state index contributed by atoms with van der Waals surface area (Å²) >= 11 is 0. The van der Waals surface area contributed by atoms with Crippen LogP contribution in [0.5, 0.6) is 0 Å². The zero-order chi connectivity index (χ0) is 11.4. The first-order chi connectivity index (χ1) is 7.75. The third-order valence-electron chi connectivity index (χ3n) is 2.74. The molecular weight excluding hydrogens is 210 g/mol. The Morgan fingerprint density at radius 3 is 3.06 bits per heavy atom. The van der Waals surface area contributed by atoms with Crippen molar-refractivity contribution >= 4 is 17.5 Å². The molecule has 0 radical (unpaired) electrons. The number of ether oxygens (including phenoxy) is 1. The topological polar surface area (TPSA) is 79.8 Å². The molecule has 0 unspecified atom stereocenters. The van der Waals surface area contributed by atoms with Crippen molar-refractivity contribution in [3.05, 3.63) is 0 Å². The van der Waals surface area contributed by atoms with Crippen LogP contribution < -0.4 is 10.7 Å². The summed E-state index contributed by atoms with van der Waals surface area (Å²) in [4.78, 5) is 22.5. The van der Waals surface area contributed by atoms with Crippen LogP contribution in [0.25, 0.3) is 0 Å². The SMILES string of the molecule is O=C1CCC(C(=O)NC[C@@H]2CCOC2)=NN1. The molecule has 0 aliphatic carbocycles. The number of nitrogens with zero attached hydrogens (tertiary/aromatic N) is 1. The Kier molecular flexibility index (Phi) is 3.51. The number of carbonyl (C=O) groups excluding carboxylic acids is 2. The lowest BCUT2D eigenvalue weighted by atomic mass is 10.1. The van der Waals surface area contributed by atoms with E-state index >= 15 is 0 Å². The monoisotopic (exact) mass is 225 g/mol. The normalized spacial score (nSPS) is 24.9. The third-order valence-corrected chi connectivity index (χ3v) is 2.74. The fourth-order valence-electron chi connectivity index (χ4n) is 1.72. The van der Waals surface area contributed by atoms with E-state index in [0.29, 0.717) is 37.6 Å². The van der Waals surface area contributed by atoms with Gasteiger partial charge in [0.15, 0.2) is 0 Å². The van der Waals surface area contributed by atoms with Gasteiger partial charge in [0.1, 0.15) is 5.71 Å². The minimum absolute atomic E-state index is 0.138. The molecule has 2 aliphatic rings. The number of hydrogen-bond donors (Lipinski definition) is 2. The molecule has 2 rings (SSSR count). The van der Waals surface area contributed by atoms with E-state index in [1.807, 2.05) is 0 Å². The van der Waals surface area contributed by atoms with Gasteiger partial charge in [-0.15, -0.1) is 0 Å². The average molecular weight is 225 g/mol. The standard InChI is InChI=1S/C10H15N3O3/c14-9-2-1-8(12-13-9)10(15)11-5-7-3-4-16-6-7/h7H,1-6H2,(H,11,15)(H,13,14)/t7-/m0/s1. The predicted octanol–water partition coefficient (Wildman–Crippen LogP) is -0.595. The second kappa shape index (κ2) is 5.07. The van der Waals surface area contributed by atoms with Crippen LogP contribution in [-0.2, 0) is 14.3 Å². The van der Waals surface area contributed by atoms with Crippen LogP contribution >= 0.6 is 0 Å². The minimum Gasteiger partial charge on any atom is -0.381 e. The summed E-state index contributed by atoms with van der Waals surface area (Å²) in [6.07, 6.45) is 1.74. The highest BCUT2D eigenvalue weighted by atomic mass is 16.5. The maximum atomic E-state index is 11.6. The van der Waals surface area contributed by atoms with Crippen molar-refractivity contribution < 1.29 is 14.3 Å². The van der Waals surface area contributed by atoms with E-state index in [-0.39, 0.29) is 11.8 Å². The van der Waals surface area contributed by atoms with Crippen LogP contribution in [-0.4, -0.2) is 37.3 Å². The first kappa shape index (κ1) is 11.1. The van der Waals surface area contributed by atoms with Gasteiger partial charge in [-0.2, -0.15) is 5.10 Å². The van der Waals surface area contributed by atoms with E-state index in [1.165, 1.54) is 0 Å². The molecule has 88 valence electrons. The molecule has 6 heteroatoms. The molecule has 0 bridgehead atoms. The molecule has 0 spiro atoms. The van der Waals surface area contributed by atoms with Gasteiger partial charge in [-0.3, -0.25) is 9.59 Å². The molecule has 2 heterocycles. The molecule has 1 fully saturated rings. The Labute approximate surface area is 93.4 Å². The fraction of sp³-hybridized carbons (Fsp3) is 0.700. The third kappa shape index (κ3) is 2.79. The maximum Gasteiger partial charge on any atom is 0.267 e. The van der Waals surface area contributed by atoms with E-state index in [0.717, 1.165) is 13.0 Å². The highest BCUT2D eigenvalue weighted by Gasteiger charge is 2.20. The summed E-state index contributed by atoms with van der Waals surface area (Å²) in [5.74, 6) is 0.0791. The minimum atomic E-state index is -0.188. The Morgan fingerprint density at radius 1 is 1.56 bits per heavy atom. The molecule has 6 nitrogen and oxygen atoms in total. The average Bonchev–Trinajstić information content (AvgIpc) is 2.80. The Bertz CT molecular complexity index is 321. The number of rotatable bonds is 3. The molecule has 0 saturated carbocycles. The van der Waals surface area contributed by atoms with Crippen molar-refractivity contribution in [2.75, 3.05) is 19.8 Å². The van der Waals surface area contributed by atoms with Crippen molar-refractivity contribution in [2.45, 2.75) is 19.3 Å². The zero-order valence-electron chi connectivity index (χ0n) is 8.99.